The first-order valence-electron chi connectivity index (χ1n) is 9.32. The minimum absolute atomic E-state index is 0.999. The van der Waals surface area contributed by atoms with Gasteiger partial charge in [-0.25, -0.2) is 9.97 Å². The maximum Gasteiger partial charge on any atom is 0.100 e. The van der Waals surface area contributed by atoms with Gasteiger partial charge in [-0.15, -0.1) is 0 Å². The Morgan fingerprint density at radius 3 is 2.19 bits per heavy atom. The van der Waals surface area contributed by atoms with Crippen molar-refractivity contribution in [3.8, 4) is 11.4 Å². The fraction of sp³-hybridized carbons (Fsp3) is 0.130. The van der Waals surface area contributed by atoms with Gasteiger partial charge in [-0.2, -0.15) is 0 Å². The molecule has 4 nitrogen and oxygen atoms in total. The van der Waals surface area contributed by atoms with E-state index in [0.717, 1.165) is 46.3 Å². The highest BCUT2D eigenvalue weighted by Crippen LogP contribution is 2.23. The highest BCUT2D eigenvalue weighted by molar-refractivity contribution is 5.79. The normalized spacial score (nSPS) is 11.4. The van der Waals surface area contributed by atoms with Gasteiger partial charge >= 0.3 is 0 Å². The van der Waals surface area contributed by atoms with E-state index in [0.29, 0.717) is 0 Å². The van der Waals surface area contributed by atoms with E-state index in [9.17, 15) is 0 Å². The van der Waals surface area contributed by atoms with Crippen LogP contribution in [0.4, 0.5) is 0 Å². The molecule has 0 spiro atoms. The van der Waals surface area contributed by atoms with Crippen molar-refractivity contribution in [3.05, 3.63) is 84.9 Å². The summed E-state index contributed by atoms with van der Waals surface area (Å²) in [7, 11) is 0. The Labute approximate surface area is 157 Å². The summed E-state index contributed by atoms with van der Waals surface area (Å²) >= 11 is 0. The number of imidazole rings is 2. The average Bonchev–Trinajstić information content (AvgIpc) is 3.32. The lowest BCUT2D eigenvalue weighted by Gasteiger charge is -2.09. The third-order valence-corrected chi connectivity index (χ3v) is 4.99. The molecule has 0 aliphatic rings. The lowest BCUT2D eigenvalue weighted by Crippen LogP contribution is -1.96. The van der Waals surface area contributed by atoms with Crippen molar-refractivity contribution in [3.63, 3.8) is 0 Å². The Morgan fingerprint density at radius 2 is 1.41 bits per heavy atom. The Bertz CT molecular complexity index is 1250. The SMILES string of the molecule is CCCc1ccc2c(c1)ncn2-c1cccc(-n2cnc3ccccc32)c1. The summed E-state index contributed by atoms with van der Waals surface area (Å²) in [5.74, 6) is 0. The summed E-state index contributed by atoms with van der Waals surface area (Å²) in [5, 5.41) is 0. The molecular weight excluding hydrogens is 332 g/mol. The van der Waals surface area contributed by atoms with Gasteiger partial charge in [0, 0.05) is 11.4 Å². The maximum absolute atomic E-state index is 4.62. The van der Waals surface area contributed by atoms with Crippen LogP contribution in [0.5, 0.6) is 0 Å². The molecule has 27 heavy (non-hydrogen) atoms. The van der Waals surface area contributed by atoms with E-state index in [1.807, 2.05) is 30.9 Å². The minimum atomic E-state index is 0.999. The summed E-state index contributed by atoms with van der Waals surface area (Å²) in [5.41, 5.74) is 7.80. The number of aryl methyl sites for hydroxylation is 1. The predicted octanol–water partition coefficient (Wildman–Crippen LogP) is 5.32. The Kier molecular flexibility index (Phi) is 3.75. The van der Waals surface area contributed by atoms with E-state index in [2.05, 4.69) is 74.6 Å². The second-order valence-electron chi connectivity index (χ2n) is 6.81. The molecule has 0 unspecified atom stereocenters. The molecule has 0 fully saturated rings. The van der Waals surface area contributed by atoms with Crippen molar-refractivity contribution >= 4 is 22.1 Å². The van der Waals surface area contributed by atoms with E-state index in [4.69, 9.17) is 0 Å². The van der Waals surface area contributed by atoms with Crippen LogP contribution >= 0.6 is 0 Å². The monoisotopic (exact) mass is 352 g/mol. The molecule has 0 saturated carbocycles. The topological polar surface area (TPSA) is 35.6 Å². The summed E-state index contributed by atoms with van der Waals surface area (Å²) in [4.78, 5) is 9.13. The average molecular weight is 352 g/mol. The summed E-state index contributed by atoms with van der Waals surface area (Å²) < 4.78 is 4.27. The molecule has 2 aromatic heterocycles. The van der Waals surface area contributed by atoms with Crippen molar-refractivity contribution in [2.75, 3.05) is 0 Å². The van der Waals surface area contributed by atoms with Crippen molar-refractivity contribution in [1.29, 1.82) is 0 Å². The Hall–Kier alpha value is -3.40. The first-order valence-corrected chi connectivity index (χ1v) is 9.32. The minimum Gasteiger partial charge on any atom is -0.299 e. The van der Waals surface area contributed by atoms with Crippen molar-refractivity contribution in [1.82, 2.24) is 19.1 Å². The zero-order valence-electron chi connectivity index (χ0n) is 15.2. The van der Waals surface area contributed by atoms with Crippen molar-refractivity contribution in [2.24, 2.45) is 0 Å². The first kappa shape index (κ1) is 15.8. The van der Waals surface area contributed by atoms with Gasteiger partial charge in [0.15, 0.2) is 0 Å². The van der Waals surface area contributed by atoms with E-state index in [1.165, 1.54) is 5.56 Å². The zero-order valence-corrected chi connectivity index (χ0v) is 15.2. The third-order valence-electron chi connectivity index (χ3n) is 4.99. The van der Waals surface area contributed by atoms with Crippen LogP contribution in [0.3, 0.4) is 0 Å². The predicted molar refractivity (Wildman–Crippen MR) is 110 cm³/mol. The fourth-order valence-electron chi connectivity index (χ4n) is 3.67. The first-order chi connectivity index (χ1) is 13.3. The number of fused-ring (bicyclic) bond motifs is 2. The second kappa shape index (κ2) is 6.40. The number of rotatable bonds is 4. The van der Waals surface area contributed by atoms with E-state index in [1.54, 1.807) is 0 Å². The van der Waals surface area contributed by atoms with Crippen molar-refractivity contribution < 1.29 is 0 Å². The van der Waals surface area contributed by atoms with Crippen LogP contribution in [0.25, 0.3) is 33.4 Å². The lowest BCUT2D eigenvalue weighted by molar-refractivity contribution is 0.923. The molecule has 0 saturated heterocycles. The molecule has 2 heterocycles. The molecule has 0 radical (unpaired) electrons. The Balaban J connectivity index is 1.61. The van der Waals surface area contributed by atoms with Crippen LogP contribution < -0.4 is 0 Å². The molecule has 0 amide bonds. The smallest absolute Gasteiger partial charge is 0.100 e. The maximum atomic E-state index is 4.62. The van der Waals surface area contributed by atoms with E-state index >= 15 is 0 Å². The van der Waals surface area contributed by atoms with E-state index < -0.39 is 0 Å². The molecular formula is C23H20N4. The third kappa shape index (κ3) is 2.70. The number of aromatic nitrogens is 4. The molecule has 0 atom stereocenters. The number of benzene rings is 3. The van der Waals surface area contributed by atoms with Crippen LogP contribution in [-0.4, -0.2) is 19.1 Å². The van der Waals surface area contributed by atoms with Gasteiger partial charge in [-0.05, 0) is 54.4 Å². The molecule has 0 N–H and O–H groups in total. The van der Waals surface area contributed by atoms with Gasteiger partial charge in [0.05, 0.1) is 22.1 Å². The van der Waals surface area contributed by atoms with Crippen LogP contribution in [0.1, 0.15) is 18.9 Å². The fourth-order valence-corrected chi connectivity index (χ4v) is 3.67. The highest BCUT2D eigenvalue weighted by atomic mass is 15.1. The summed E-state index contributed by atoms with van der Waals surface area (Å²) in [6.45, 7) is 2.20. The molecule has 5 rings (SSSR count). The van der Waals surface area contributed by atoms with Crippen LogP contribution in [-0.2, 0) is 6.42 Å². The molecule has 3 aromatic carbocycles. The van der Waals surface area contributed by atoms with Crippen LogP contribution in [0, 0.1) is 0 Å². The van der Waals surface area contributed by atoms with Gasteiger partial charge in [-0.1, -0.05) is 37.6 Å². The number of para-hydroxylation sites is 2. The van der Waals surface area contributed by atoms with Gasteiger partial charge < -0.3 is 0 Å². The lowest BCUT2D eigenvalue weighted by atomic mass is 10.1. The number of nitrogens with zero attached hydrogens (tertiary/aromatic N) is 4. The van der Waals surface area contributed by atoms with Gasteiger partial charge in [0.2, 0.25) is 0 Å². The molecule has 5 aromatic rings. The molecule has 132 valence electrons. The second-order valence-corrected chi connectivity index (χ2v) is 6.81. The van der Waals surface area contributed by atoms with Crippen molar-refractivity contribution in [2.45, 2.75) is 19.8 Å². The molecule has 0 aliphatic heterocycles. The summed E-state index contributed by atoms with van der Waals surface area (Å²) in [6.07, 6.45) is 6.03. The van der Waals surface area contributed by atoms with Crippen LogP contribution in [0.2, 0.25) is 0 Å². The quantitative estimate of drug-likeness (QED) is 0.439. The van der Waals surface area contributed by atoms with Crippen LogP contribution in [0.15, 0.2) is 79.4 Å². The molecule has 4 heteroatoms. The standard InChI is InChI=1S/C23H20N4/c1-2-6-17-11-12-23-21(13-17)25-16-27(23)19-8-5-7-18(14-19)26-15-24-20-9-3-4-10-22(20)26/h3-5,7-16H,2,6H2,1H3. The Morgan fingerprint density at radius 1 is 0.704 bits per heavy atom. The van der Waals surface area contributed by atoms with Gasteiger partial charge in [0.25, 0.3) is 0 Å². The number of hydrogen-bond acceptors (Lipinski definition) is 2. The van der Waals surface area contributed by atoms with Gasteiger partial charge in [-0.3, -0.25) is 9.13 Å². The molecule has 0 aliphatic carbocycles. The summed E-state index contributed by atoms with van der Waals surface area (Å²) in [6, 6.07) is 23.2. The van der Waals surface area contributed by atoms with Gasteiger partial charge in [0.1, 0.15) is 12.7 Å². The highest BCUT2D eigenvalue weighted by Gasteiger charge is 2.08. The number of hydrogen-bond donors (Lipinski definition) is 0. The zero-order chi connectivity index (χ0) is 18.2. The van der Waals surface area contributed by atoms with E-state index in [-0.39, 0.29) is 0 Å². The molecule has 0 bridgehead atoms. The largest absolute Gasteiger partial charge is 0.299 e.